The number of carbonyl (C=O) groups is 1. The predicted octanol–water partition coefficient (Wildman–Crippen LogP) is 2.38. The highest BCUT2D eigenvalue weighted by Crippen LogP contribution is 2.40. The van der Waals surface area contributed by atoms with Crippen LogP contribution in [0.1, 0.15) is 24.8 Å². The molecule has 1 saturated heterocycles. The number of likely N-dealkylation sites (tertiary alicyclic amines) is 1. The minimum atomic E-state index is 0.331. The van der Waals surface area contributed by atoms with Gasteiger partial charge >= 0.3 is 0 Å². The topological polar surface area (TPSA) is 23.6 Å². The Morgan fingerprint density at radius 3 is 2.65 bits per heavy atom. The summed E-state index contributed by atoms with van der Waals surface area (Å²) >= 11 is 0. The lowest BCUT2D eigenvalue weighted by Gasteiger charge is -2.31. The summed E-state index contributed by atoms with van der Waals surface area (Å²) in [7, 11) is 4.17. The smallest absolute Gasteiger partial charge is 0.222 e. The summed E-state index contributed by atoms with van der Waals surface area (Å²) in [5, 5.41) is 0. The summed E-state index contributed by atoms with van der Waals surface area (Å²) in [6.45, 7) is 1.97. The molecule has 0 radical (unpaired) electrons. The minimum absolute atomic E-state index is 0.331. The number of nitrogens with zero attached hydrogens (tertiary/aromatic N) is 2. The SMILES string of the molecule is CN1CC2CC(N(C)Cc3ccccc3)CC2CC1=O. The molecule has 0 spiro atoms. The van der Waals surface area contributed by atoms with Crippen LogP contribution >= 0.6 is 0 Å². The molecule has 3 atom stereocenters. The van der Waals surface area contributed by atoms with E-state index in [1.165, 1.54) is 18.4 Å². The van der Waals surface area contributed by atoms with Crippen LogP contribution in [0.3, 0.4) is 0 Å². The zero-order valence-corrected chi connectivity index (χ0v) is 12.5. The Balaban J connectivity index is 1.61. The van der Waals surface area contributed by atoms with E-state index in [9.17, 15) is 4.79 Å². The molecule has 1 aliphatic carbocycles. The summed E-state index contributed by atoms with van der Waals surface area (Å²) in [6, 6.07) is 11.3. The van der Waals surface area contributed by atoms with Crippen molar-refractivity contribution in [1.82, 2.24) is 9.80 Å². The molecule has 0 bridgehead atoms. The molecule has 0 N–H and O–H groups in total. The molecular formula is C17H24N2O. The molecule has 3 heteroatoms. The molecule has 1 aromatic carbocycles. The van der Waals surface area contributed by atoms with E-state index in [0.29, 0.717) is 23.8 Å². The first-order valence-corrected chi connectivity index (χ1v) is 7.61. The van der Waals surface area contributed by atoms with Crippen molar-refractivity contribution >= 4 is 5.91 Å². The second kappa shape index (κ2) is 5.57. The van der Waals surface area contributed by atoms with Crippen molar-refractivity contribution in [3.8, 4) is 0 Å². The van der Waals surface area contributed by atoms with Crippen molar-refractivity contribution in [2.45, 2.75) is 31.8 Å². The Hall–Kier alpha value is -1.35. The van der Waals surface area contributed by atoms with E-state index in [-0.39, 0.29) is 0 Å². The molecule has 1 saturated carbocycles. The molecular weight excluding hydrogens is 248 g/mol. The highest BCUT2D eigenvalue weighted by Gasteiger charge is 2.41. The Bertz CT molecular complexity index is 473. The lowest BCUT2D eigenvalue weighted by Crippen LogP contribution is -2.39. The van der Waals surface area contributed by atoms with Gasteiger partial charge in [0.25, 0.3) is 0 Å². The van der Waals surface area contributed by atoms with E-state index < -0.39 is 0 Å². The van der Waals surface area contributed by atoms with Gasteiger partial charge in [-0.1, -0.05) is 30.3 Å². The van der Waals surface area contributed by atoms with E-state index in [2.05, 4.69) is 42.3 Å². The molecule has 1 amide bonds. The average molecular weight is 272 g/mol. The van der Waals surface area contributed by atoms with Crippen molar-refractivity contribution in [3.63, 3.8) is 0 Å². The molecule has 108 valence electrons. The first kappa shape index (κ1) is 13.6. The second-order valence-corrected chi connectivity index (χ2v) is 6.52. The largest absolute Gasteiger partial charge is 0.345 e. The fraction of sp³-hybridized carbons (Fsp3) is 0.588. The van der Waals surface area contributed by atoms with Gasteiger partial charge in [0.2, 0.25) is 5.91 Å². The third-order valence-electron chi connectivity index (χ3n) is 5.09. The summed E-state index contributed by atoms with van der Waals surface area (Å²) in [5.41, 5.74) is 1.37. The minimum Gasteiger partial charge on any atom is -0.345 e. The van der Waals surface area contributed by atoms with E-state index in [4.69, 9.17) is 0 Å². The fourth-order valence-electron chi connectivity index (χ4n) is 3.85. The van der Waals surface area contributed by atoms with Crippen molar-refractivity contribution in [2.24, 2.45) is 11.8 Å². The first-order chi connectivity index (χ1) is 9.63. The number of rotatable bonds is 3. The van der Waals surface area contributed by atoms with E-state index in [0.717, 1.165) is 19.5 Å². The van der Waals surface area contributed by atoms with Crippen LogP contribution < -0.4 is 0 Å². The number of hydrogen-bond donors (Lipinski definition) is 0. The zero-order valence-electron chi connectivity index (χ0n) is 12.5. The Morgan fingerprint density at radius 1 is 1.20 bits per heavy atom. The highest BCUT2D eigenvalue weighted by molar-refractivity contribution is 5.77. The molecule has 3 rings (SSSR count). The molecule has 2 fully saturated rings. The number of piperidine rings is 1. The lowest BCUT2D eigenvalue weighted by atomic mass is 9.88. The monoisotopic (exact) mass is 272 g/mol. The Kier molecular flexibility index (Phi) is 3.79. The highest BCUT2D eigenvalue weighted by atomic mass is 16.2. The average Bonchev–Trinajstić information content (AvgIpc) is 2.83. The van der Waals surface area contributed by atoms with Gasteiger partial charge in [0.05, 0.1) is 0 Å². The van der Waals surface area contributed by atoms with Gasteiger partial charge in [0.1, 0.15) is 0 Å². The molecule has 1 aliphatic heterocycles. The Labute approximate surface area is 121 Å². The summed E-state index contributed by atoms with van der Waals surface area (Å²) in [5.74, 6) is 1.65. The maximum absolute atomic E-state index is 11.8. The third kappa shape index (κ3) is 2.73. The fourth-order valence-corrected chi connectivity index (χ4v) is 3.85. The molecule has 20 heavy (non-hydrogen) atoms. The van der Waals surface area contributed by atoms with Crippen LogP contribution in [0.2, 0.25) is 0 Å². The normalized spacial score (nSPS) is 29.9. The molecule has 1 aromatic rings. The zero-order chi connectivity index (χ0) is 14.1. The maximum Gasteiger partial charge on any atom is 0.222 e. The number of benzene rings is 1. The first-order valence-electron chi connectivity index (χ1n) is 7.61. The van der Waals surface area contributed by atoms with Crippen molar-refractivity contribution in [2.75, 3.05) is 20.6 Å². The molecule has 0 aromatic heterocycles. The van der Waals surface area contributed by atoms with Crippen molar-refractivity contribution < 1.29 is 4.79 Å². The lowest BCUT2D eigenvalue weighted by molar-refractivity contribution is -0.134. The summed E-state index contributed by atoms with van der Waals surface area (Å²) < 4.78 is 0. The van der Waals surface area contributed by atoms with Crippen LogP contribution in [0, 0.1) is 11.8 Å². The number of carbonyl (C=O) groups excluding carboxylic acids is 1. The van der Waals surface area contributed by atoms with Crippen molar-refractivity contribution in [3.05, 3.63) is 35.9 Å². The Morgan fingerprint density at radius 2 is 1.90 bits per heavy atom. The molecule has 1 heterocycles. The van der Waals surface area contributed by atoms with Crippen LogP contribution in [0.5, 0.6) is 0 Å². The van der Waals surface area contributed by atoms with Gasteiger partial charge in [0, 0.05) is 32.6 Å². The third-order valence-corrected chi connectivity index (χ3v) is 5.09. The van der Waals surface area contributed by atoms with E-state index >= 15 is 0 Å². The van der Waals surface area contributed by atoms with Crippen LogP contribution in [0.15, 0.2) is 30.3 Å². The van der Waals surface area contributed by atoms with Crippen LogP contribution in [-0.4, -0.2) is 42.4 Å². The number of amides is 1. The van der Waals surface area contributed by atoms with Gasteiger partial charge in [-0.25, -0.2) is 0 Å². The van der Waals surface area contributed by atoms with Gasteiger partial charge in [-0.15, -0.1) is 0 Å². The van der Waals surface area contributed by atoms with E-state index in [1.807, 2.05) is 11.9 Å². The standard InChI is InChI=1S/C17H24N2O/c1-18(11-13-6-4-3-5-7-13)16-8-14-10-17(20)19(2)12-15(14)9-16/h3-7,14-16H,8-12H2,1-2H3. The van der Waals surface area contributed by atoms with Gasteiger partial charge < -0.3 is 4.90 Å². The quantitative estimate of drug-likeness (QED) is 0.843. The predicted molar refractivity (Wildman–Crippen MR) is 80.2 cm³/mol. The number of hydrogen-bond acceptors (Lipinski definition) is 2. The molecule has 3 nitrogen and oxygen atoms in total. The van der Waals surface area contributed by atoms with Crippen LogP contribution in [0.25, 0.3) is 0 Å². The van der Waals surface area contributed by atoms with Crippen LogP contribution in [-0.2, 0) is 11.3 Å². The number of fused-ring (bicyclic) bond motifs is 1. The molecule has 3 unspecified atom stereocenters. The molecule has 2 aliphatic rings. The summed E-state index contributed by atoms with van der Waals surface area (Å²) in [6.07, 6.45) is 3.19. The van der Waals surface area contributed by atoms with E-state index in [1.54, 1.807) is 0 Å². The van der Waals surface area contributed by atoms with Gasteiger partial charge in [-0.05, 0) is 37.3 Å². The van der Waals surface area contributed by atoms with Crippen LogP contribution in [0.4, 0.5) is 0 Å². The maximum atomic E-state index is 11.8. The van der Waals surface area contributed by atoms with Gasteiger partial charge in [-0.2, -0.15) is 0 Å². The van der Waals surface area contributed by atoms with Gasteiger partial charge in [0.15, 0.2) is 0 Å². The summed E-state index contributed by atoms with van der Waals surface area (Å²) in [4.78, 5) is 16.2. The second-order valence-electron chi connectivity index (χ2n) is 6.52. The van der Waals surface area contributed by atoms with Crippen molar-refractivity contribution in [1.29, 1.82) is 0 Å². The van der Waals surface area contributed by atoms with Gasteiger partial charge in [-0.3, -0.25) is 9.69 Å².